The molecule has 1 nitrogen and oxygen atoms in total. The molecule has 0 saturated heterocycles. The van der Waals surface area contributed by atoms with Crippen LogP contribution >= 0.6 is 0 Å². The van der Waals surface area contributed by atoms with Gasteiger partial charge in [-0.3, -0.25) is 0 Å². The lowest BCUT2D eigenvalue weighted by Gasteiger charge is -2.21. The van der Waals surface area contributed by atoms with Crippen LogP contribution in [0.1, 0.15) is 0 Å². The average Bonchev–Trinajstić information content (AvgIpc) is 1.86. The topological polar surface area (TPSA) is 26.0 Å². The van der Waals surface area contributed by atoms with Gasteiger partial charge in [-0.25, -0.2) is 0 Å². The number of rotatable bonds is 0. The predicted octanol–water partition coefficient (Wildman–Crippen LogP) is 1.58. The molecule has 1 aliphatic rings. The van der Waals surface area contributed by atoms with Crippen molar-refractivity contribution in [3.63, 3.8) is 0 Å². The minimum Gasteiger partial charge on any atom is -0.323 e. The summed E-state index contributed by atoms with van der Waals surface area (Å²) >= 11 is 0. The first-order chi connectivity index (χ1) is 5.02. The molecule has 0 saturated carbocycles. The quantitative estimate of drug-likeness (QED) is 0.575. The molecule has 0 heterocycles. The van der Waals surface area contributed by atoms with E-state index in [4.69, 9.17) is 5.73 Å². The van der Waals surface area contributed by atoms with Gasteiger partial charge in [0.1, 0.15) is 5.92 Å². The van der Waals surface area contributed by atoms with Gasteiger partial charge in [-0.2, -0.15) is 13.2 Å². The molecule has 4 heteroatoms. The van der Waals surface area contributed by atoms with Crippen LogP contribution in [0, 0.1) is 5.92 Å². The first-order valence-electron chi connectivity index (χ1n) is 3.06. The van der Waals surface area contributed by atoms with Crippen molar-refractivity contribution in [2.45, 2.75) is 12.2 Å². The summed E-state index contributed by atoms with van der Waals surface area (Å²) in [6.07, 6.45) is 0.820. The van der Waals surface area contributed by atoms with Crippen molar-refractivity contribution in [2.24, 2.45) is 5.73 Å². The second-order valence-electron chi connectivity index (χ2n) is 2.22. The number of halogens is 3. The summed E-state index contributed by atoms with van der Waals surface area (Å²) in [5, 5.41) is 0. The van der Waals surface area contributed by atoms with Crippen molar-refractivity contribution in [2.75, 3.05) is 0 Å². The van der Waals surface area contributed by atoms with E-state index in [9.17, 15) is 13.2 Å². The molecule has 0 aliphatic heterocycles. The van der Waals surface area contributed by atoms with Gasteiger partial charge in [0, 0.05) is 6.04 Å². The molecule has 1 unspecified atom stereocenters. The van der Waals surface area contributed by atoms with Crippen molar-refractivity contribution in [1.82, 2.24) is 0 Å². The molecule has 0 bridgehead atoms. The summed E-state index contributed by atoms with van der Waals surface area (Å²) in [6.45, 7) is 0. The molecule has 0 spiro atoms. The van der Waals surface area contributed by atoms with Gasteiger partial charge in [0.15, 0.2) is 0 Å². The van der Waals surface area contributed by atoms with E-state index in [2.05, 4.69) is 0 Å². The van der Waals surface area contributed by atoms with E-state index in [1.165, 1.54) is 18.2 Å². The van der Waals surface area contributed by atoms with Gasteiger partial charge in [0.25, 0.3) is 0 Å². The van der Waals surface area contributed by atoms with E-state index in [0.717, 1.165) is 6.08 Å². The first-order valence-corrected chi connectivity index (χ1v) is 3.06. The van der Waals surface area contributed by atoms with Crippen LogP contribution in [-0.4, -0.2) is 12.2 Å². The van der Waals surface area contributed by atoms with Crippen LogP contribution < -0.4 is 5.73 Å². The molecular weight excluding hydrogens is 155 g/mol. The summed E-state index contributed by atoms with van der Waals surface area (Å²) in [5.74, 6) is -0.694. The van der Waals surface area contributed by atoms with Gasteiger partial charge in [0.2, 0.25) is 0 Å². The zero-order chi connectivity index (χ0) is 8.48. The van der Waals surface area contributed by atoms with E-state index in [1.807, 2.05) is 0 Å². The van der Waals surface area contributed by atoms with Crippen molar-refractivity contribution in [3.8, 4) is 0 Å². The molecule has 61 valence electrons. The third-order valence-corrected chi connectivity index (χ3v) is 1.39. The highest BCUT2D eigenvalue weighted by molar-refractivity contribution is 5.32. The largest absolute Gasteiger partial charge is 0.400 e. The second kappa shape index (κ2) is 2.70. The summed E-state index contributed by atoms with van der Waals surface area (Å²) in [7, 11) is 0. The molecule has 0 aromatic rings. The summed E-state index contributed by atoms with van der Waals surface area (Å²) in [6, 6.07) is -1.01. The normalized spacial score (nSPS) is 26.0. The molecule has 1 rings (SSSR count). The van der Waals surface area contributed by atoms with E-state index in [1.54, 1.807) is 0 Å². The van der Waals surface area contributed by atoms with Gasteiger partial charge >= 0.3 is 6.18 Å². The molecule has 0 amide bonds. The fourth-order valence-electron chi connectivity index (χ4n) is 0.841. The number of nitrogens with two attached hydrogens (primary N) is 1. The van der Waals surface area contributed by atoms with Gasteiger partial charge in [-0.1, -0.05) is 24.3 Å². The Morgan fingerprint density at radius 2 is 1.91 bits per heavy atom. The highest BCUT2D eigenvalue weighted by Crippen LogP contribution is 2.32. The Bertz CT molecular complexity index is 192. The highest BCUT2D eigenvalue weighted by Gasteiger charge is 2.42. The minimum absolute atomic E-state index is 0.694. The van der Waals surface area contributed by atoms with Gasteiger partial charge in [-0.05, 0) is 0 Å². The predicted molar refractivity (Wildman–Crippen MR) is 35.6 cm³/mol. The molecule has 0 aromatic carbocycles. The Morgan fingerprint density at radius 3 is 2.27 bits per heavy atom. The maximum Gasteiger partial charge on any atom is 0.400 e. The molecule has 1 aliphatic carbocycles. The van der Waals surface area contributed by atoms with Gasteiger partial charge in [-0.15, -0.1) is 0 Å². The lowest BCUT2D eigenvalue weighted by molar-refractivity contribution is -0.111. The fraction of sp³-hybridized carbons (Fsp3) is 0.286. The second-order valence-corrected chi connectivity index (χ2v) is 2.22. The summed E-state index contributed by atoms with van der Waals surface area (Å²) in [4.78, 5) is 0. The van der Waals surface area contributed by atoms with E-state index in [0.29, 0.717) is 0 Å². The van der Waals surface area contributed by atoms with Gasteiger partial charge < -0.3 is 5.73 Å². The van der Waals surface area contributed by atoms with Crippen molar-refractivity contribution in [1.29, 1.82) is 0 Å². The van der Waals surface area contributed by atoms with Crippen LogP contribution in [0.2, 0.25) is 0 Å². The van der Waals surface area contributed by atoms with E-state index < -0.39 is 18.1 Å². The Kier molecular flexibility index (Phi) is 2.04. The van der Waals surface area contributed by atoms with Gasteiger partial charge in [0.05, 0.1) is 0 Å². The number of hydrogen-bond acceptors (Lipinski definition) is 1. The highest BCUT2D eigenvalue weighted by atomic mass is 19.4. The molecule has 0 fully saturated rings. The molecular formula is C7H7F3N. The lowest BCUT2D eigenvalue weighted by atomic mass is 9.95. The summed E-state index contributed by atoms with van der Waals surface area (Å²) < 4.78 is 36.0. The Labute approximate surface area is 62.4 Å². The maximum absolute atomic E-state index is 12.0. The van der Waals surface area contributed by atoms with Crippen LogP contribution in [0.3, 0.4) is 0 Å². The molecule has 0 aromatic heterocycles. The Balaban J connectivity index is 2.74. The van der Waals surface area contributed by atoms with Crippen LogP contribution in [-0.2, 0) is 0 Å². The zero-order valence-corrected chi connectivity index (χ0v) is 5.60. The van der Waals surface area contributed by atoms with E-state index >= 15 is 0 Å². The standard InChI is InChI=1S/C7H7F3N/c8-7(9,10)5-3-1-2-4-6(5)11/h1-4,6H,11H2. The van der Waals surface area contributed by atoms with Crippen molar-refractivity contribution < 1.29 is 13.2 Å². The van der Waals surface area contributed by atoms with Crippen LogP contribution in [0.4, 0.5) is 13.2 Å². The SMILES string of the molecule is NC1C=CC=C[C]1C(F)(F)F. The molecule has 1 radical (unpaired) electrons. The third kappa shape index (κ3) is 1.83. The molecule has 2 N–H and O–H groups in total. The number of allylic oxidation sites excluding steroid dienone is 2. The Hall–Kier alpha value is -0.770. The van der Waals surface area contributed by atoms with E-state index in [-0.39, 0.29) is 0 Å². The zero-order valence-electron chi connectivity index (χ0n) is 5.60. The fourth-order valence-corrected chi connectivity index (χ4v) is 0.841. The molecule has 11 heavy (non-hydrogen) atoms. The minimum atomic E-state index is -4.30. The Morgan fingerprint density at radius 1 is 1.27 bits per heavy atom. The third-order valence-electron chi connectivity index (χ3n) is 1.39. The first kappa shape index (κ1) is 8.33. The lowest BCUT2D eigenvalue weighted by Crippen LogP contribution is -2.36. The summed E-state index contributed by atoms with van der Waals surface area (Å²) in [5.41, 5.74) is 5.17. The number of alkyl halides is 3. The van der Waals surface area contributed by atoms with Crippen LogP contribution in [0.25, 0.3) is 0 Å². The van der Waals surface area contributed by atoms with Crippen molar-refractivity contribution >= 4 is 0 Å². The molecule has 1 atom stereocenters. The maximum atomic E-state index is 12.0. The van der Waals surface area contributed by atoms with Crippen LogP contribution in [0.15, 0.2) is 24.3 Å². The van der Waals surface area contributed by atoms with Crippen LogP contribution in [0.5, 0.6) is 0 Å². The van der Waals surface area contributed by atoms with Crippen molar-refractivity contribution in [3.05, 3.63) is 30.2 Å². The monoisotopic (exact) mass is 162 g/mol. The smallest absolute Gasteiger partial charge is 0.323 e. The number of hydrogen-bond donors (Lipinski definition) is 1. The average molecular weight is 162 g/mol.